The Morgan fingerprint density at radius 1 is 0.930 bits per heavy atom. The third-order valence-electron chi connectivity index (χ3n) is 6.77. The fourth-order valence-electron chi connectivity index (χ4n) is 4.77. The van der Waals surface area contributed by atoms with Crippen molar-refractivity contribution in [2.45, 2.75) is 45.7 Å². The molecule has 0 saturated carbocycles. The SMILES string of the molecule is Cc1ccc(S(=O)(=O)N(CC(=O)N/N=C\c2cc(C)n(-c3cc(C)cc(C)c3)c2C)c2ccc(Cl)c(C(F)(F)F)c2)cc1. The number of nitrogens with one attached hydrogen (secondary N) is 1. The van der Waals surface area contributed by atoms with Gasteiger partial charge >= 0.3 is 6.18 Å². The van der Waals surface area contributed by atoms with Gasteiger partial charge in [-0.25, -0.2) is 13.8 Å². The fourth-order valence-corrected chi connectivity index (χ4v) is 6.41. The lowest BCUT2D eigenvalue weighted by molar-refractivity contribution is -0.137. The van der Waals surface area contributed by atoms with Gasteiger partial charge in [-0.05, 0) is 94.3 Å². The molecule has 12 heteroatoms. The molecule has 0 saturated heterocycles. The molecule has 1 heterocycles. The number of halogens is 4. The van der Waals surface area contributed by atoms with E-state index in [0.717, 1.165) is 45.9 Å². The van der Waals surface area contributed by atoms with Crippen molar-refractivity contribution in [1.82, 2.24) is 9.99 Å². The zero-order chi connectivity index (χ0) is 31.7. The van der Waals surface area contributed by atoms with E-state index in [1.165, 1.54) is 18.3 Å². The van der Waals surface area contributed by atoms with Gasteiger partial charge in [0.2, 0.25) is 0 Å². The zero-order valence-corrected chi connectivity index (χ0v) is 25.7. The average Bonchev–Trinajstić information content (AvgIpc) is 3.19. The molecule has 3 aromatic carbocycles. The second-order valence-corrected chi connectivity index (χ2v) is 12.6. The van der Waals surface area contributed by atoms with Gasteiger partial charge in [-0.3, -0.25) is 9.10 Å². The van der Waals surface area contributed by atoms with E-state index in [1.807, 2.05) is 33.8 Å². The van der Waals surface area contributed by atoms with Crippen LogP contribution in [0.25, 0.3) is 5.69 Å². The van der Waals surface area contributed by atoms with Crippen LogP contribution < -0.4 is 9.73 Å². The maximum Gasteiger partial charge on any atom is 0.417 e. The fraction of sp³-hybridized carbons (Fsp3) is 0.226. The van der Waals surface area contributed by atoms with Crippen LogP contribution in [0.2, 0.25) is 5.02 Å². The van der Waals surface area contributed by atoms with Crippen molar-refractivity contribution < 1.29 is 26.4 Å². The molecule has 0 bridgehead atoms. The molecule has 0 atom stereocenters. The van der Waals surface area contributed by atoms with Crippen molar-refractivity contribution >= 4 is 39.4 Å². The largest absolute Gasteiger partial charge is 0.417 e. The number of carbonyl (C=O) groups is 1. The zero-order valence-electron chi connectivity index (χ0n) is 24.1. The number of anilines is 1. The maximum absolute atomic E-state index is 13.6. The van der Waals surface area contributed by atoms with Crippen molar-refractivity contribution in [3.05, 3.63) is 111 Å². The van der Waals surface area contributed by atoms with Crippen LogP contribution in [0.1, 0.15) is 39.2 Å². The number of aryl methyl sites for hydroxylation is 4. The van der Waals surface area contributed by atoms with Gasteiger partial charge in [-0.1, -0.05) is 35.4 Å². The molecule has 1 aromatic heterocycles. The second kappa shape index (κ2) is 12.3. The molecule has 0 fully saturated rings. The number of aromatic nitrogens is 1. The third kappa shape index (κ3) is 7.11. The highest BCUT2D eigenvalue weighted by atomic mass is 35.5. The normalized spacial score (nSPS) is 12.1. The predicted octanol–water partition coefficient (Wildman–Crippen LogP) is 7.04. The summed E-state index contributed by atoms with van der Waals surface area (Å²) in [7, 11) is -4.46. The van der Waals surface area contributed by atoms with Crippen LogP contribution in [0.4, 0.5) is 18.9 Å². The molecular weight excluding hydrogens is 601 g/mol. The Morgan fingerprint density at radius 3 is 2.16 bits per heavy atom. The number of hydrogen-bond acceptors (Lipinski definition) is 4. The molecule has 0 aliphatic rings. The molecule has 1 amide bonds. The number of hydrazone groups is 1. The van der Waals surface area contributed by atoms with E-state index in [4.69, 9.17) is 11.6 Å². The molecule has 0 aliphatic heterocycles. The Kier molecular flexibility index (Phi) is 9.08. The van der Waals surface area contributed by atoms with E-state index in [-0.39, 0.29) is 10.6 Å². The molecule has 1 N–H and O–H groups in total. The monoisotopic (exact) mass is 630 g/mol. The van der Waals surface area contributed by atoms with Crippen LogP contribution in [0, 0.1) is 34.6 Å². The summed E-state index contributed by atoms with van der Waals surface area (Å²) >= 11 is 5.76. The number of amides is 1. The topological polar surface area (TPSA) is 83.8 Å². The van der Waals surface area contributed by atoms with Gasteiger partial charge in [0.15, 0.2) is 0 Å². The van der Waals surface area contributed by atoms with E-state index in [1.54, 1.807) is 19.1 Å². The number of benzene rings is 3. The molecule has 4 aromatic rings. The molecule has 226 valence electrons. The van der Waals surface area contributed by atoms with Crippen molar-refractivity contribution in [2.75, 3.05) is 10.8 Å². The summed E-state index contributed by atoms with van der Waals surface area (Å²) in [5, 5.41) is 3.41. The summed E-state index contributed by atoms with van der Waals surface area (Å²) in [6, 6.07) is 16.5. The summed E-state index contributed by atoms with van der Waals surface area (Å²) in [5.74, 6) is -0.862. The number of sulfonamides is 1. The smallest absolute Gasteiger partial charge is 0.318 e. The minimum Gasteiger partial charge on any atom is -0.318 e. The minimum absolute atomic E-state index is 0.197. The molecule has 4 rings (SSSR count). The van der Waals surface area contributed by atoms with Gasteiger partial charge < -0.3 is 4.57 Å². The molecule has 0 unspecified atom stereocenters. The highest BCUT2D eigenvalue weighted by Gasteiger charge is 2.35. The van der Waals surface area contributed by atoms with Crippen molar-refractivity contribution in [3.8, 4) is 5.69 Å². The van der Waals surface area contributed by atoms with Crippen LogP contribution in [-0.4, -0.2) is 31.7 Å². The van der Waals surface area contributed by atoms with E-state index < -0.39 is 39.2 Å². The number of alkyl halides is 3. The van der Waals surface area contributed by atoms with Crippen LogP contribution in [0.15, 0.2) is 76.7 Å². The molecule has 0 spiro atoms. The average molecular weight is 631 g/mol. The summed E-state index contributed by atoms with van der Waals surface area (Å²) < 4.78 is 70.6. The van der Waals surface area contributed by atoms with Crippen molar-refractivity contribution in [2.24, 2.45) is 5.10 Å². The third-order valence-corrected chi connectivity index (χ3v) is 8.89. The number of hydrogen-bond donors (Lipinski definition) is 1. The highest BCUT2D eigenvalue weighted by molar-refractivity contribution is 7.92. The number of rotatable bonds is 8. The summed E-state index contributed by atoms with van der Waals surface area (Å²) in [6.45, 7) is 8.79. The lowest BCUT2D eigenvalue weighted by Crippen LogP contribution is -2.39. The van der Waals surface area contributed by atoms with Gasteiger partial charge in [0.1, 0.15) is 6.54 Å². The quantitative estimate of drug-likeness (QED) is 0.167. The Bertz CT molecular complexity index is 1790. The highest BCUT2D eigenvalue weighted by Crippen LogP contribution is 2.38. The Labute approximate surface area is 253 Å². The van der Waals surface area contributed by atoms with Gasteiger partial charge in [0, 0.05) is 22.6 Å². The number of carbonyl (C=O) groups excluding carboxylic acids is 1. The van der Waals surface area contributed by atoms with E-state index >= 15 is 0 Å². The standard InChI is InChI=1S/C31H30ClF3N4O3S/c1-19-6-9-27(10-7-19)43(41,42)38(25-8-11-29(32)28(16-25)31(33,34)35)18-30(40)37-36-17-24-15-22(4)39(23(24)5)26-13-20(2)12-21(3)14-26/h6-17H,18H2,1-5H3,(H,37,40)/b36-17-. The first-order valence-corrected chi connectivity index (χ1v) is 15.0. The lowest BCUT2D eigenvalue weighted by Gasteiger charge is -2.25. The Morgan fingerprint density at radius 2 is 1.56 bits per heavy atom. The first-order chi connectivity index (χ1) is 20.1. The molecule has 7 nitrogen and oxygen atoms in total. The van der Waals surface area contributed by atoms with Crippen LogP contribution >= 0.6 is 11.6 Å². The lowest BCUT2D eigenvalue weighted by atomic mass is 10.1. The van der Waals surface area contributed by atoms with E-state index in [0.29, 0.717) is 15.9 Å². The van der Waals surface area contributed by atoms with E-state index in [2.05, 4.69) is 33.3 Å². The van der Waals surface area contributed by atoms with Gasteiger partial charge in [0.05, 0.1) is 27.4 Å². The molecule has 0 radical (unpaired) electrons. The molecule has 0 aliphatic carbocycles. The van der Waals surface area contributed by atoms with Crippen molar-refractivity contribution in [1.29, 1.82) is 0 Å². The minimum atomic E-state index is -4.84. The Hall–Kier alpha value is -4.09. The second-order valence-electron chi connectivity index (χ2n) is 10.3. The first kappa shape index (κ1) is 31.8. The van der Waals surface area contributed by atoms with E-state index in [9.17, 15) is 26.4 Å². The van der Waals surface area contributed by atoms with Crippen LogP contribution in [-0.2, 0) is 21.0 Å². The summed E-state index contributed by atoms with van der Waals surface area (Å²) in [5.41, 5.74) is 7.19. The Balaban J connectivity index is 1.63. The molecular formula is C31H30ClF3N4O3S. The predicted molar refractivity (Wildman–Crippen MR) is 163 cm³/mol. The summed E-state index contributed by atoms with van der Waals surface area (Å²) in [4.78, 5) is 12.8. The van der Waals surface area contributed by atoms with Gasteiger partial charge in [0.25, 0.3) is 15.9 Å². The first-order valence-electron chi connectivity index (χ1n) is 13.1. The maximum atomic E-state index is 13.6. The number of nitrogens with zero attached hydrogens (tertiary/aromatic N) is 3. The van der Waals surface area contributed by atoms with Gasteiger partial charge in [-0.2, -0.15) is 18.3 Å². The van der Waals surface area contributed by atoms with Crippen molar-refractivity contribution in [3.63, 3.8) is 0 Å². The molecule has 43 heavy (non-hydrogen) atoms. The van der Waals surface area contributed by atoms with Crippen LogP contribution in [0.5, 0.6) is 0 Å². The van der Waals surface area contributed by atoms with Gasteiger partial charge in [-0.15, -0.1) is 0 Å². The summed E-state index contributed by atoms with van der Waals surface area (Å²) in [6.07, 6.45) is -3.41. The van der Waals surface area contributed by atoms with Crippen LogP contribution in [0.3, 0.4) is 0 Å².